The number of carbonyl (C=O) groups excluding carboxylic acids is 1. The number of aliphatic hydroxyl groups excluding tert-OH is 1. The average molecular weight is 486 g/mol. The molecule has 0 saturated heterocycles. The summed E-state index contributed by atoms with van der Waals surface area (Å²) in [6, 6.07) is 11.4. The van der Waals surface area contributed by atoms with Gasteiger partial charge in [-0.1, -0.05) is 6.07 Å². The van der Waals surface area contributed by atoms with Crippen molar-refractivity contribution in [3.8, 4) is 22.7 Å². The fourth-order valence-electron chi connectivity index (χ4n) is 3.85. The van der Waals surface area contributed by atoms with Crippen LogP contribution in [0.2, 0.25) is 0 Å². The van der Waals surface area contributed by atoms with E-state index in [-0.39, 0.29) is 31.4 Å². The molecule has 0 radical (unpaired) electrons. The highest BCUT2D eigenvalue weighted by Gasteiger charge is 2.35. The third-order valence-corrected chi connectivity index (χ3v) is 5.34. The molecule has 0 aliphatic heterocycles. The first-order valence-electron chi connectivity index (χ1n) is 11.1. The maximum absolute atomic E-state index is 13.7. The van der Waals surface area contributed by atoms with Crippen LogP contribution in [0.3, 0.4) is 0 Å². The number of aliphatic hydroxyl groups is 1. The van der Waals surface area contributed by atoms with E-state index < -0.39 is 17.8 Å². The molecular weight excluding hydrogens is 461 g/mol. The Labute approximate surface area is 199 Å². The van der Waals surface area contributed by atoms with Crippen LogP contribution in [0.5, 0.6) is 5.75 Å². The second-order valence-electron chi connectivity index (χ2n) is 8.27. The summed E-state index contributed by atoms with van der Waals surface area (Å²) in [7, 11) is 0. The Morgan fingerprint density at radius 2 is 2.00 bits per heavy atom. The maximum Gasteiger partial charge on any atom is 0.419 e. The summed E-state index contributed by atoms with van der Waals surface area (Å²) < 4.78 is 49.8. The van der Waals surface area contributed by atoms with E-state index in [1.165, 1.54) is 6.07 Å². The molecule has 184 valence electrons. The SMILES string of the molecule is CC(C)Oc1ccc(-c2cn(-c3cccc4c3ccn4CC(=O)NCCO)cn2)cc1C(F)(F)F. The molecule has 7 nitrogen and oxygen atoms in total. The maximum atomic E-state index is 13.7. The van der Waals surface area contributed by atoms with Gasteiger partial charge in [0.15, 0.2) is 0 Å². The van der Waals surface area contributed by atoms with Gasteiger partial charge in [-0.3, -0.25) is 4.79 Å². The number of aromatic nitrogens is 3. The van der Waals surface area contributed by atoms with E-state index in [0.717, 1.165) is 22.7 Å². The Morgan fingerprint density at radius 3 is 2.71 bits per heavy atom. The smallest absolute Gasteiger partial charge is 0.419 e. The summed E-state index contributed by atoms with van der Waals surface area (Å²) in [6.45, 7) is 3.48. The van der Waals surface area contributed by atoms with Gasteiger partial charge in [-0.05, 0) is 50.2 Å². The second-order valence-corrected chi connectivity index (χ2v) is 8.27. The average Bonchev–Trinajstić information content (AvgIpc) is 3.45. The first-order valence-corrected chi connectivity index (χ1v) is 11.1. The molecule has 2 aromatic heterocycles. The highest BCUT2D eigenvalue weighted by atomic mass is 19.4. The molecule has 0 aliphatic carbocycles. The van der Waals surface area contributed by atoms with Gasteiger partial charge in [-0.25, -0.2) is 4.98 Å². The van der Waals surface area contributed by atoms with Crippen LogP contribution >= 0.6 is 0 Å². The number of amides is 1. The van der Waals surface area contributed by atoms with Crippen molar-refractivity contribution >= 4 is 16.8 Å². The van der Waals surface area contributed by atoms with Gasteiger partial charge >= 0.3 is 6.18 Å². The minimum absolute atomic E-state index is 0.0904. The standard InChI is InChI=1S/C25H25F3N4O3/c1-16(2)35-23-7-6-17(12-19(23)25(26,27)28)20-13-32(15-30-20)22-5-3-4-21-18(22)8-10-31(21)14-24(34)29-9-11-33/h3-8,10,12-13,15-16,33H,9,11,14H2,1-2H3,(H,29,34). The zero-order chi connectivity index (χ0) is 25.2. The highest BCUT2D eigenvalue weighted by Crippen LogP contribution is 2.39. The number of imidazole rings is 1. The van der Waals surface area contributed by atoms with Gasteiger partial charge in [0.25, 0.3) is 0 Å². The number of ether oxygens (including phenoxy) is 1. The van der Waals surface area contributed by atoms with Crippen molar-refractivity contribution in [1.29, 1.82) is 0 Å². The van der Waals surface area contributed by atoms with Crippen LogP contribution in [0.4, 0.5) is 13.2 Å². The predicted molar refractivity (Wildman–Crippen MR) is 125 cm³/mol. The molecule has 2 N–H and O–H groups in total. The third kappa shape index (κ3) is 5.32. The van der Waals surface area contributed by atoms with Gasteiger partial charge in [-0.15, -0.1) is 0 Å². The molecule has 0 bridgehead atoms. The van der Waals surface area contributed by atoms with Crippen LogP contribution in [0, 0.1) is 0 Å². The molecule has 0 aliphatic rings. The third-order valence-electron chi connectivity index (χ3n) is 5.34. The van der Waals surface area contributed by atoms with E-state index >= 15 is 0 Å². The fraction of sp³-hybridized carbons (Fsp3) is 0.280. The van der Waals surface area contributed by atoms with Crippen molar-refractivity contribution < 1.29 is 27.8 Å². The van der Waals surface area contributed by atoms with E-state index in [1.54, 1.807) is 47.8 Å². The zero-order valence-corrected chi connectivity index (χ0v) is 19.2. The topological polar surface area (TPSA) is 81.3 Å². The molecule has 2 heterocycles. The van der Waals surface area contributed by atoms with E-state index in [2.05, 4.69) is 10.3 Å². The van der Waals surface area contributed by atoms with Crippen molar-refractivity contribution in [1.82, 2.24) is 19.4 Å². The Morgan fingerprint density at radius 1 is 1.20 bits per heavy atom. The number of rotatable bonds is 8. The van der Waals surface area contributed by atoms with Gasteiger partial charge in [0.1, 0.15) is 12.3 Å². The van der Waals surface area contributed by atoms with Gasteiger partial charge in [0, 0.05) is 29.9 Å². The van der Waals surface area contributed by atoms with Crippen LogP contribution in [-0.2, 0) is 17.5 Å². The Bertz CT molecular complexity index is 1340. The number of hydrogen-bond donors (Lipinski definition) is 2. The largest absolute Gasteiger partial charge is 0.490 e. The van der Waals surface area contributed by atoms with Crippen LogP contribution in [0.25, 0.3) is 27.8 Å². The summed E-state index contributed by atoms with van der Waals surface area (Å²) in [5.74, 6) is -0.443. The van der Waals surface area contributed by atoms with Crippen molar-refractivity contribution in [3.05, 3.63) is 66.7 Å². The number of nitrogens with one attached hydrogen (secondary N) is 1. The normalized spacial score (nSPS) is 11.9. The molecule has 0 fully saturated rings. The molecular formula is C25H25F3N4O3. The zero-order valence-electron chi connectivity index (χ0n) is 19.2. The molecule has 1 amide bonds. The number of nitrogens with zero attached hydrogens (tertiary/aromatic N) is 3. The van der Waals surface area contributed by atoms with E-state index in [1.807, 2.05) is 24.3 Å². The van der Waals surface area contributed by atoms with Crippen molar-refractivity contribution in [3.63, 3.8) is 0 Å². The predicted octanol–water partition coefficient (Wildman–Crippen LogP) is 4.41. The Hall–Kier alpha value is -3.79. The molecule has 10 heteroatoms. The molecule has 0 unspecified atom stereocenters. The number of hydrogen-bond acceptors (Lipinski definition) is 4. The van der Waals surface area contributed by atoms with Gasteiger partial charge in [-0.2, -0.15) is 13.2 Å². The summed E-state index contributed by atoms with van der Waals surface area (Å²) in [4.78, 5) is 16.4. The van der Waals surface area contributed by atoms with E-state index in [9.17, 15) is 18.0 Å². The lowest BCUT2D eigenvalue weighted by atomic mass is 10.1. The summed E-state index contributed by atoms with van der Waals surface area (Å²) in [6.07, 6.45) is 0.0309. The number of alkyl halides is 3. The van der Waals surface area contributed by atoms with E-state index in [0.29, 0.717) is 11.3 Å². The van der Waals surface area contributed by atoms with Crippen LogP contribution < -0.4 is 10.1 Å². The van der Waals surface area contributed by atoms with Gasteiger partial charge in [0.2, 0.25) is 5.91 Å². The van der Waals surface area contributed by atoms with Crippen LogP contribution in [0.1, 0.15) is 19.4 Å². The monoisotopic (exact) mass is 486 g/mol. The first kappa shape index (κ1) is 24.3. The minimum Gasteiger partial charge on any atom is -0.490 e. The van der Waals surface area contributed by atoms with Gasteiger partial charge < -0.3 is 24.3 Å². The lowest BCUT2D eigenvalue weighted by Gasteiger charge is -2.17. The summed E-state index contributed by atoms with van der Waals surface area (Å²) in [5.41, 5.74) is 1.43. The summed E-state index contributed by atoms with van der Waals surface area (Å²) in [5, 5.41) is 12.3. The van der Waals surface area contributed by atoms with Crippen LogP contribution in [-0.4, -0.2) is 44.4 Å². The molecule has 0 saturated carbocycles. The number of fused-ring (bicyclic) bond motifs is 1. The summed E-state index contributed by atoms with van der Waals surface area (Å²) >= 11 is 0. The molecule has 35 heavy (non-hydrogen) atoms. The molecule has 4 aromatic rings. The Balaban J connectivity index is 1.66. The van der Waals surface area contributed by atoms with Gasteiger partial charge in [0.05, 0.1) is 41.5 Å². The molecule has 4 rings (SSSR count). The van der Waals surface area contributed by atoms with Crippen molar-refractivity contribution in [2.45, 2.75) is 32.7 Å². The quantitative estimate of drug-likeness (QED) is 0.387. The number of halogens is 3. The van der Waals surface area contributed by atoms with Crippen molar-refractivity contribution in [2.75, 3.05) is 13.2 Å². The number of benzene rings is 2. The fourth-order valence-corrected chi connectivity index (χ4v) is 3.85. The number of carbonyl (C=O) groups is 1. The molecule has 0 spiro atoms. The molecule has 2 aromatic carbocycles. The lowest BCUT2D eigenvalue weighted by Crippen LogP contribution is -2.29. The highest BCUT2D eigenvalue weighted by molar-refractivity contribution is 5.90. The molecule has 0 atom stereocenters. The first-order chi connectivity index (χ1) is 16.7. The minimum atomic E-state index is -4.57. The van der Waals surface area contributed by atoms with Crippen molar-refractivity contribution in [2.24, 2.45) is 0 Å². The van der Waals surface area contributed by atoms with E-state index in [4.69, 9.17) is 9.84 Å². The van der Waals surface area contributed by atoms with Crippen LogP contribution in [0.15, 0.2) is 61.2 Å². The Kier molecular flexibility index (Phi) is 6.83. The lowest BCUT2D eigenvalue weighted by molar-refractivity contribution is -0.139. The second kappa shape index (κ2) is 9.83.